The van der Waals surface area contributed by atoms with Gasteiger partial charge in [0.15, 0.2) is 0 Å². The maximum absolute atomic E-state index is 12.1. The fourth-order valence-corrected chi connectivity index (χ4v) is 3.19. The zero-order chi connectivity index (χ0) is 13.3. The van der Waals surface area contributed by atoms with Crippen molar-refractivity contribution < 1.29 is 22.4 Å². The third kappa shape index (κ3) is 3.08. The van der Waals surface area contributed by atoms with Crippen molar-refractivity contribution in [3.63, 3.8) is 0 Å². The second-order valence-electron chi connectivity index (χ2n) is 4.02. The largest absolute Gasteiger partial charge is 0.463 e. The number of nitrogens with two attached hydrogens (primary N) is 1. The number of carbonyl (C=O) groups excluding carboxylic acids is 1. The summed E-state index contributed by atoms with van der Waals surface area (Å²) < 4.78 is 35.0. The Bertz CT molecular complexity index is 556. The summed E-state index contributed by atoms with van der Waals surface area (Å²) in [6, 6.07) is 2.36. The molecule has 0 radical (unpaired) electrons. The standard InChI is InChI=1S/C10H14N2O5S.ClH/c1-16-10(13)8-2-3-9(17-8)18(14,15)12-5-4-7(11)6-12;/h2-3,7H,4-6,11H2,1H3;1H. The molecule has 0 bridgehead atoms. The van der Waals surface area contributed by atoms with Crippen LogP contribution in [0.4, 0.5) is 0 Å². The van der Waals surface area contributed by atoms with Gasteiger partial charge in [-0.1, -0.05) is 0 Å². The van der Waals surface area contributed by atoms with E-state index in [0.717, 1.165) is 0 Å². The van der Waals surface area contributed by atoms with Crippen LogP contribution in [0.1, 0.15) is 17.0 Å². The van der Waals surface area contributed by atoms with Gasteiger partial charge in [-0.2, -0.15) is 4.31 Å². The quantitative estimate of drug-likeness (QED) is 0.801. The van der Waals surface area contributed by atoms with Crippen molar-refractivity contribution in [2.75, 3.05) is 20.2 Å². The molecule has 1 atom stereocenters. The topological polar surface area (TPSA) is 103 Å². The van der Waals surface area contributed by atoms with E-state index in [1.807, 2.05) is 0 Å². The SMILES string of the molecule is COC(=O)c1ccc(S(=O)(=O)N2CCC(N)C2)o1.Cl. The first-order chi connectivity index (χ1) is 8.45. The minimum Gasteiger partial charge on any atom is -0.463 e. The van der Waals surface area contributed by atoms with Crippen LogP contribution < -0.4 is 5.73 Å². The molecule has 0 spiro atoms. The van der Waals surface area contributed by atoms with Gasteiger partial charge >= 0.3 is 5.97 Å². The highest BCUT2D eigenvalue weighted by molar-refractivity contribution is 7.89. The summed E-state index contributed by atoms with van der Waals surface area (Å²) in [6.07, 6.45) is 0.615. The third-order valence-electron chi connectivity index (χ3n) is 2.75. The smallest absolute Gasteiger partial charge is 0.374 e. The molecule has 9 heteroatoms. The van der Waals surface area contributed by atoms with Gasteiger partial charge in [0.2, 0.25) is 10.9 Å². The molecule has 1 aliphatic rings. The monoisotopic (exact) mass is 310 g/mol. The Morgan fingerprint density at radius 3 is 2.74 bits per heavy atom. The molecule has 2 heterocycles. The van der Waals surface area contributed by atoms with E-state index >= 15 is 0 Å². The van der Waals surface area contributed by atoms with Crippen molar-refractivity contribution in [2.24, 2.45) is 5.73 Å². The normalized spacial score (nSPS) is 20.0. The fraction of sp³-hybridized carbons (Fsp3) is 0.500. The molecule has 7 nitrogen and oxygen atoms in total. The number of sulfonamides is 1. The lowest BCUT2D eigenvalue weighted by atomic mass is 10.3. The average Bonchev–Trinajstić information content (AvgIpc) is 2.96. The third-order valence-corrected chi connectivity index (χ3v) is 4.49. The highest BCUT2D eigenvalue weighted by atomic mass is 35.5. The average molecular weight is 311 g/mol. The van der Waals surface area contributed by atoms with E-state index < -0.39 is 16.0 Å². The van der Waals surface area contributed by atoms with Crippen molar-refractivity contribution >= 4 is 28.4 Å². The molecule has 108 valence electrons. The van der Waals surface area contributed by atoms with E-state index in [1.54, 1.807) is 0 Å². The van der Waals surface area contributed by atoms with Crippen molar-refractivity contribution in [3.05, 3.63) is 17.9 Å². The Morgan fingerprint density at radius 2 is 2.21 bits per heavy atom. The molecule has 1 fully saturated rings. The summed E-state index contributed by atoms with van der Waals surface area (Å²) in [6.45, 7) is 0.619. The molecule has 1 aromatic rings. The number of halogens is 1. The van der Waals surface area contributed by atoms with Gasteiger partial charge in [-0.25, -0.2) is 13.2 Å². The van der Waals surface area contributed by atoms with Crippen molar-refractivity contribution in [1.82, 2.24) is 4.31 Å². The van der Waals surface area contributed by atoms with E-state index in [1.165, 1.54) is 23.5 Å². The van der Waals surface area contributed by atoms with Crippen LogP contribution in [0.3, 0.4) is 0 Å². The molecule has 1 unspecified atom stereocenters. The molecule has 1 aliphatic heterocycles. The first-order valence-corrected chi connectivity index (χ1v) is 6.83. The minimum absolute atomic E-state index is 0. The molecular formula is C10H15ClN2O5S. The number of hydrogen-bond donors (Lipinski definition) is 1. The van der Waals surface area contributed by atoms with Crippen molar-refractivity contribution in [3.8, 4) is 0 Å². The zero-order valence-electron chi connectivity index (χ0n) is 10.2. The van der Waals surface area contributed by atoms with Crippen LogP contribution in [0, 0.1) is 0 Å². The van der Waals surface area contributed by atoms with Gasteiger partial charge in [0.25, 0.3) is 10.0 Å². The Balaban J connectivity index is 0.00000180. The second kappa shape index (κ2) is 5.91. The summed E-state index contributed by atoms with van der Waals surface area (Å²) in [4.78, 5) is 11.2. The van der Waals surface area contributed by atoms with Gasteiger partial charge in [-0.05, 0) is 18.6 Å². The fourth-order valence-electron chi connectivity index (χ4n) is 1.77. The number of ether oxygens (including phenoxy) is 1. The summed E-state index contributed by atoms with van der Waals surface area (Å²) >= 11 is 0. The van der Waals surface area contributed by atoms with Crippen LogP contribution in [-0.2, 0) is 14.8 Å². The number of esters is 1. The summed E-state index contributed by atoms with van der Waals surface area (Å²) in [7, 11) is -2.52. The maximum Gasteiger partial charge on any atom is 0.374 e. The van der Waals surface area contributed by atoms with Gasteiger partial charge in [0.05, 0.1) is 7.11 Å². The Labute approximate surface area is 117 Å². The molecule has 0 saturated carbocycles. The number of methoxy groups -OCH3 is 1. The summed E-state index contributed by atoms with van der Waals surface area (Å²) in [5, 5.41) is -0.267. The van der Waals surface area contributed by atoms with Gasteiger partial charge in [0.1, 0.15) is 0 Å². The Morgan fingerprint density at radius 1 is 1.53 bits per heavy atom. The van der Waals surface area contributed by atoms with Crippen LogP contribution in [0.15, 0.2) is 21.6 Å². The first kappa shape index (κ1) is 16.0. The predicted octanol–water partition coefficient (Wildman–Crippen LogP) is 0.210. The van der Waals surface area contributed by atoms with Gasteiger partial charge in [-0.3, -0.25) is 0 Å². The van der Waals surface area contributed by atoms with Gasteiger partial charge in [-0.15, -0.1) is 12.4 Å². The lowest BCUT2D eigenvalue weighted by Crippen LogP contribution is -2.31. The van der Waals surface area contributed by atoms with E-state index in [0.29, 0.717) is 13.0 Å². The molecule has 19 heavy (non-hydrogen) atoms. The molecular weight excluding hydrogens is 296 g/mol. The predicted molar refractivity (Wildman–Crippen MR) is 68.6 cm³/mol. The van der Waals surface area contributed by atoms with Crippen LogP contribution >= 0.6 is 12.4 Å². The summed E-state index contributed by atoms with van der Waals surface area (Å²) in [5.74, 6) is -0.853. The van der Waals surface area contributed by atoms with E-state index in [2.05, 4.69) is 4.74 Å². The molecule has 0 amide bonds. The van der Waals surface area contributed by atoms with Crippen LogP contribution in [0.2, 0.25) is 0 Å². The van der Waals surface area contributed by atoms with E-state index in [9.17, 15) is 13.2 Å². The second-order valence-corrected chi connectivity index (χ2v) is 5.89. The maximum atomic E-state index is 12.1. The summed E-state index contributed by atoms with van der Waals surface area (Å²) in [5.41, 5.74) is 5.66. The number of rotatable bonds is 3. The van der Waals surface area contributed by atoms with Crippen LogP contribution in [0.25, 0.3) is 0 Å². The van der Waals surface area contributed by atoms with Crippen LogP contribution in [0.5, 0.6) is 0 Å². The number of carbonyl (C=O) groups is 1. The molecule has 2 rings (SSSR count). The van der Waals surface area contributed by atoms with Gasteiger partial charge in [0, 0.05) is 19.1 Å². The number of nitrogens with zero attached hydrogens (tertiary/aromatic N) is 1. The Kier molecular flexibility index (Phi) is 4.97. The minimum atomic E-state index is -3.71. The molecule has 0 aliphatic carbocycles. The highest BCUT2D eigenvalue weighted by Gasteiger charge is 2.33. The van der Waals surface area contributed by atoms with E-state index in [4.69, 9.17) is 10.2 Å². The van der Waals surface area contributed by atoms with Crippen LogP contribution in [-0.4, -0.2) is 44.9 Å². The molecule has 1 saturated heterocycles. The highest BCUT2D eigenvalue weighted by Crippen LogP contribution is 2.22. The molecule has 0 aromatic carbocycles. The van der Waals surface area contributed by atoms with Crippen molar-refractivity contribution in [1.29, 1.82) is 0 Å². The lowest BCUT2D eigenvalue weighted by Gasteiger charge is -2.13. The lowest BCUT2D eigenvalue weighted by molar-refractivity contribution is 0.0558. The number of hydrogen-bond acceptors (Lipinski definition) is 6. The number of furan rings is 1. The molecule has 1 aromatic heterocycles. The zero-order valence-corrected chi connectivity index (χ0v) is 11.9. The molecule has 2 N–H and O–H groups in total. The van der Waals surface area contributed by atoms with E-state index in [-0.39, 0.29) is 35.8 Å². The first-order valence-electron chi connectivity index (χ1n) is 5.39. The van der Waals surface area contributed by atoms with Crippen molar-refractivity contribution in [2.45, 2.75) is 17.6 Å². The van der Waals surface area contributed by atoms with Gasteiger partial charge < -0.3 is 14.9 Å². The Hall–Kier alpha value is -1.09.